The average Bonchev–Trinajstić information content (AvgIpc) is 2.28. The van der Waals surface area contributed by atoms with Gasteiger partial charge >= 0.3 is 18.0 Å². The summed E-state index contributed by atoms with van der Waals surface area (Å²) < 4.78 is 10.1. The highest BCUT2D eigenvalue weighted by atomic mass is 16.6. The van der Waals surface area contributed by atoms with Gasteiger partial charge in [-0.3, -0.25) is 4.79 Å². The summed E-state index contributed by atoms with van der Waals surface area (Å²) in [4.78, 5) is 33.9. The van der Waals surface area contributed by atoms with E-state index < -0.39 is 29.7 Å². The normalized spacial score (nSPS) is 12.7. The molecule has 0 fully saturated rings. The molecule has 0 bridgehead atoms. The third kappa shape index (κ3) is 9.70. The first-order chi connectivity index (χ1) is 9.53. The lowest BCUT2D eigenvalue weighted by Gasteiger charge is -2.24. The number of alkyl carbamates (subject to hydrolysis) is 1. The number of carboxylic acids is 1. The number of hydrogen-bond acceptors (Lipinski definition) is 5. The predicted octanol–water partition coefficient (Wildman–Crippen LogP) is 1.94. The van der Waals surface area contributed by atoms with Crippen LogP contribution in [0.5, 0.6) is 0 Å². The van der Waals surface area contributed by atoms with E-state index in [0.717, 1.165) is 0 Å². The molecule has 0 aromatic rings. The van der Waals surface area contributed by atoms with Gasteiger partial charge in [0.15, 0.2) is 0 Å². The van der Waals surface area contributed by atoms with Gasteiger partial charge in [-0.25, -0.2) is 9.59 Å². The van der Waals surface area contributed by atoms with Crippen LogP contribution >= 0.6 is 0 Å². The summed E-state index contributed by atoms with van der Waals surface area (Å²) in [5, 5.41) is 11.0. The molecule has 0 radical (unpaired) electrons. The third-order valence-corrected chi connectivity index (χ3v) is 2.37. The van der Waals surface area contributed by atoms with Crippen LogP contribution in [0.4, 0.5) is 4.79 Å². The van der Waals surface area contributed by atoms with Gasteiger partial charge in [0.25, 0.3) is 0 Å². The third-order valence-electron chi connectivity index (χ3n) is 2.37. The van der Waals surface area contributed by atoms with Gasteiger partial charge in [-0.1, -0.05) is 13.8 Å². The van der Waals surface area contributed by atoms with Crippen molar-refractivity contribution in [2.45, 2.75) is 59.1 Å². The van der Waals surface area contributed by atoms with Crippen molar-refractivity contribution < 1.29 is 29.0 Å². The van der Waals surface area contributed by atoms with Crippen LogP contribution in [-0.2, 0) is 19.1 Å². The second kappa shape index (κ2) is 8.49. The molecule has 0 aromatic heterocycles. The van der Waals surface area contributed by atoms with E-state index in [1.54, 1.807) is 34.6 Å². The summed E-state index contributed by atoms with van der Waals surface area (Å²) in [7, 11) is 0. The van der Waals surface area contributed by atoms with Gasteiger partial charge < -0.3 is 19.9 Å². The molecular formula is C14H25NO6. The molecule has 2 N–H and O–H groups in total. The van der Waals surface area contributed by atoms with Crippen LogP contribution in [0.1, 0.15) is 47.5 Å². The highest BCUT2D eigenvalue weighted by Crippen LogP contribution is 2.09. The SMILES string of the molecule is CC(C)C(NC(=O)OC(C)(C)C)C(=O)OCCCC(=O)O. The number of hydrogen-bond donors (Lipinski definition) is 2. The number of rotatable bonds is 7. The Bertz CT molecular complexity index is 372. The van der Waals surface area contributed by atoms with E-state index in [1.807, 2.05) is 0 Å². The second-order valence-corrected chi connectivity index (χ2v) is 6.03. The van der Waals surface area contributed by atoms with Crippen molar-refractivity contribution >= 4 is 18.0 Å². The molecule has 1 unspecified atom stereocenters. The molecule has 21 heavy (non-hydrogen) atoms. The van der Waals surface area contributed by atoms with Gasteiger partial charge in [-0.2, -0.15) is 0 Å². The quantitative estimate of drug-likeness (QED) is 0.550. The van der Waals surface area contributed by atoms with Crippen molar-refractivity contribution in [1.82, 2.24) is 5.32 Å². The number of carboxylic acid groups (broad SMARTS) is 1. The summed E-state index contributed by atoms with van der Waals surface area (Å²) in [6, 6.07) is -0.829. The monoisotopic (exact) mass is 303 g/mol. The van der Waals surface area contributed by atoms with Gasteiger partial charge in [0.2, 0.25) is 0 Å². The zero-order valence-corrected chi connectivity index (χ0v) is 13.3. The molecule has 0 heterocycles. The van der Waals surface area contributed by atoms with E-state index in [-0.39, 0.29) is 25.4 Å². The minimum atomic E-state index is -0.946. The molecule has 0 aromatic carbocycles. The molecule has 0 spiro atoms. The Labute approximate surface area is 125 Å². The number of carbonyl (C=O) groups is 3. The summed E-state index contributed by atoms with van der Waals surface area (Å²) in [5.41, 5.74) is -0.656. The van der Waals surface area contributed by atoms with E-state index >= 15 is 0 Å². The lowest BCUT2D eigenvalue weighted by atomic mass is 10.1. The Balaban J connectivity index is 4.37. The molecule has 0 aliphatic heterocycles. The van der Waals surface area contributed by atoms with Crippen LogP contribution in [0.2, 0.25) is 0 Å². The Morgan fingerprint density at radius 2 is 1.76 bits per heavy atom. The van der Waals surface area contributed by atoms with Crippen LogP contribution in [-0.4, -0.2) is 41.4 Å². The first-order valence-electron chi connectivity index (χ1n) is 6.91. The Kier molecular flexibility index (Phi) is 7.76. The van der Waals surface area contributed by atoms with E-state index in [4.69, 9.17) is 14.6 Å². The molecule has 0 aliphatic carbocycles. The molecule has 0 saturated heterocycles. The van der Waals surface area contributed by atoms with E-state index in [1.165, 1.54) is 0 Å². The van der Waals surface area contributed by atoms with Gasteiger partial charge in [0.05, 0.1) is 6.61 Å². The topological polar surface area (TPSA) is 102 Å². The van der Waals surface area contributed by atoms with Gasteiger partial charge in [0.1, 0.15) is 11.6 Å². The van der Waals surface area contributed by atoms with Crippen LogP contribution < -0.4 is 5.32 Å². The summed E-state index contributed by atoms with van der Waals surface area (Å²) in [6.45, 7) is 8.70. The van der Waals surface area contributed by atoms with Gasteiger partial charge in [-0.15, -0.1) is 0 Å². The maximum Gasteiger partial charge on any atom is 0.408 e. The van der Waals surface area contributed by atoms with Crippen molar-refractivity contribution in [2.75, 3.05) is 6.61 Å². The zero-order chi connectivity index (χ0) is 16.6. The lowest BCUT2D eigenvalue weighted by Crippen LogP contribution is -2.47. The highest BCUT2D eigenvalue weighted by molar-refractivity contribution is 5.81. The van der Waals surface area contributed by atoms with Crippen molar-refractivity contribution in [3.63, 3.8) is 0 Å². The summed E-state index contributed by atoms with van der Waals surface area (Å²) in [5.74, 6) is -1.72. The number of amides is 1. The minimum Gasteiger partial charge on any atom is -0.481 e. The predicted molar refractivity (Wildman–Crippen MR) is 75.8 cm³/mol. The smallest absolute Gasteiger partial charge is 0.408 e. The van der Waals surface area contributed by atoms with E-state index in [0.29, 0.717) is 0 Å². The molecule has 0 saturated carbocycles. The molecular weight excluding hydrogens is 278 g/mol. The van der Waals surface area contributed by atoms with Crippen molar-refractivity contribution in [1.29, 1.82) is 0 Å². The molecule has 122 valence electrons. The zero-order valence-electron chi connectivity index (χ0n) is 13.3. The van der Waals surface area contributed by atoms with E-state index in [2.05, 4.69) is 5.32 Å². The van der Waals surface area contributed by atoms with Crippen molar-refractivity contribution in [2.24, 2.45) is 5.92 Å². The maximum atomic E-state index is 11.9. The molecule has 0 rings (SSSR count). The second-order valence-electron chi connectivity index (χ2n) is 6.03. The minimum absolute atomic E-state index is 0.00432. The summed E-state index contributed by atoms with van der Waals surface area (Å²) >= 11 is 0. The molecule has 0 aliphatic rings. The Morgan fingerprint density at radius 1 is 1.19 bits per heavy atom. The lowest BCUT2D eigenvalue weighted by molar-refractivity contribution is -0.148. The fourth-order valence-corrected chi connectivity index (χ4v) is 1.42. The molecule has 7 heteroatoms. The largest absolute Gasteiger partial charge is 0.481 e. The first-order valence-corrected chi connectivity index (χ1v) is 6.91. The summed E-state index contributed by atoms with van der Waals surface area (Å²) in [6.07, 6.45) is -0.527. The fourth-order valence-electron chi connectivity index (χ4n) is 1.42. The van der Waals surface area contributed by atoms with Gasteiger partial charge in [-0.05, 0) is 33.1 Å². The van der Waals surface area contributed by atoms with Crippen molar-refractivity contribution in [3.8, 4) is 0 Å². The molecule has 7 nitrogen and oxygen atoms in total. The van der Waals surface area contributed by atoms with Crippen molar-refractivity contribution in [3.05, 3.63) is 0 Å². The first kappa shape index (κ1) is 19.2. The van der Waals surface area contributed by atoms with Crippen LogP contribution in [0, 0.1) is 5.92 Å². The van der Waals surface area contributed by atoms with Gasteiger partial charge in [0, 0.05) is 6.42 Å². The number of esters is 1. The molecule has 1 atom stereocenters. The number of carbonyl (C=O) groups excluding carboxylic acids is 2. The highest BCUT2D eigenvalue weighted by Gasteiger charge is 2.28. The Hall–Kier alpha value is -1.79. The average molecular weight is 303 g/mol. The Morgan fingerprint density at radius 3 is 2.19 bits per heavy atom. The number of aliphatic carboxylic acids is 1. The van der Waals surface area contributed by atoms with Crippen LogP contribution in [0.25, 0.3) is 0 Å². The number of ether oxygens (including phenoxy) is 2. The molecule has 1 amide bonds. The maximum absolute atomic E-state index is 11.9. The fraction of sp³-hybridized carbons (Fsp3) is 0.786. The number of nitrogens with one attached hydrogen (secondary N) is 1. The van der Waals surface area contributed by atoms with Crippen LogP contribution in [0.3, 0.4) is 0 Å². The van der Waals surface area contributed by atoms with E-state index in [9.17, 15) is 14.4 Å². The standard InChI is InChI=1S/C14H25NO6/c1-9(2)11(15-13(19)21-14(3,4)5)12(18)20-8-6-7-10(16)17/h9,11H,6-8H2,1-5H3,(H,15,19)(H,16,17). The van der Waals surface area contributed by atoms with Crippen LogP contribution in [0.15, 0.2) is 0 Å².